The Hall–Kier alpha value is -1.67. The van der Waals surface area contributed by atoms with E-state index in [1.807, 2.05) is 42.5 Å². The van der Waals surface area contributed by atoms with Gasteiger partial charge in [0.15, 0.2) is 0 Å². The van der Waals surface area contributed by atoms with E-state index in [4.69, 9.17) is 21.1 Å². The summed E-state index contributed by atoms with van der Waals surface area (Å²) in [6.07, 6.45) is 0. The smallest absolute Gasteiger partial charge is 0.126 e. The Kier molecular flexibility index (Phi) is 4.11. The zero-order valence-electron chi connectivity index (χ0n) is 10.4. The van der Waals surface area contributed by atoms with Gasteiger partial charge in [-0.1, -0.05) is 24.3 Å². The molecule has 3 heteroatoms. The summed E-state index contributed by atoms with van der Waals surface area (Å²) in [7, 11) is 3.31. The van der Waals surface area contributed by atoms with Crippen molar-refractivity contribution in [3.05, 3.63) is 48.0 Å². The highest BCUT2D eigenvalue weighted by Gasteiger charge is 2.10. The van der Waals surface area contributed by atoms with Crippen LogP contribution in [0, 0.1) is 0 Å². The second kappa shape index (κ2) is 5.78. The average Bonchev–Trinajstić information content (AvgIpc) is 2.46. The Labute approximate surface area is 112 Å². The summed E-state index contributed by atoms with van der Waals surface area (Å²) in [6, 6.07) is 13.8. The summed E-state index contributed by atoms with van der Waals surface area (Å²) in [6.45, 7) is 0. The van der Waals surface area contributed by atoms with Crippen molar-refractivity contribution in [1.82, 2.24) is 0 Å². The van der Waals surface area contributed by atoms with Crippen molar-refractivity contribution in [2.24, 2.45) is 0 Å². The third-order valence-corrected chi connectivity index (χ3v) is 3.15. The molecule has 0 saturated heterocycles. The van der Waals surface area contributed by atoms with Crippen molar-refractivity contribution >= 4 is 11.6 Å². The van der Waals surface area contributed by atoms with Crippen LogP contribution in [-0.4, -0.2) is 14.2 Å². The monoisotopic (exact) mass is 262 g/mol. The molecular formula is C15H15ClO2. The molecule has 2 aromatic carbocycles. The van der Waals surface area contributed by atoms with Gasteiger partial charge in [0.1, 0.15) is 11.5 Å². The van der Waals surface area contributed by atoms with Crippen molar-refractivity contribution in [1.29, 1.82) is 0 Å². The summed E-state index contributed by atoms with van der Waals surface area (Å²) < 4.78 is 10.7. The van der Waals surface area contributed by atoms with Crippen LogP contribution in [0.4, 0.5) is 0 Å². The molecule has 2 rings (SSSR count). The second-order valence-corrected chi connectivity index (χ2v) is 4.12. The molecule has 94 valence electrons. The first-order chi connectivity index (χ1) is 8.80. The van der Waals surface area contributed by atoms with E-state index in [2.05, 4.69) is 0 Å². The molecule has 2 aromatic rings. The van der Waals surface area contributed by atoms with E-state index in [1.54, 1.807) is 14.2 Å². The lowest BCUT2D eigenvalue weighted by Crippen LogP contribution is -1.92. The highest BCUT2D eigenvalue weighted by molar-refractivity contribution is 6.17. The van der Waals surface area contributed by atoms with Crippen LogP contribution in [0.25, 0.3) is 11.1 Å². The molecule has 18 heavy (non-hydrogen) atoms. The standard InChI is InChI=1S/C15H15ClO2/c1-17-12-7-8-15(18-2)14(9-12)13-6-4-3-5-11(13)10-16/h3-9H,10H2,1-2H3. The van der Waals surface area contributed by atoms with Crippen LogP contribution >= 0.6 is 11.6 Å². The van der Waals surface area contributed by atoms with Gasteiger partial charge in [-0.2, -0.15) is 0 Å². The van der Waals surface area contributed by atoms with Crippen LogP contribution in [0.5, 0.6) is 11.5 Å². The number of rotatable bonds is 4. The van der Waals surface area contributed by atoms with Gasteiger partial charge < -0.3 is 9.47 Å². The normalized spacial score (nSPS) is 10.2. The predicted octanol–water partition coefficient (Wildman–Crippen LogP) is 4.11. The van der Waals surface area contributed by atoms with Crippen molar-refractivity contribution in [3.63, 3.8) is 0 Å². The second-order valence-electron chi connectivity index (χ2n) is 3.86. The van der Waals surface area contributed by atoms with Gasteiger partial charge in [-0.25, -0.2) is 0 Å². The van der Waals surface area contributed by atoms with Crippen molar-refractivity contribution in [2.75, 3.05) is 14.2 Å². The number of benzene rings is 2. The van der Waals surface area contributed by atoms with Crippen LogP contribution < -0.4 is 9.47 Å². The first-order valence-electron chi connectivity index (χ1n) is 5.66. The van der Waals surface area contributed by atoms with Crippen LogP contribution in [0.3, 0.4) is 0 Å². The van der Waals surface area contributed by atoms with Gasteiger partial charge in [0.05, 0.1) is 14.2 Å². The minimum absolute atomic E-state index is 0.469. The highest BCUT2D eigenvalue weighted by Crippen LogP contribution is 2.35. The van der Waals surface area contributed by atoms with E-state index in [-0.39, 0.29) is 0 Å². The molecule has 0 fully saturated rings. The van der Waals surface area contributed by atoms with Gasteiger partial charge in [0.25, 0.3) is 0 Å². The first kappa shape index (κ1) is 12.8. The number of halogens is 1. The maximum absolute atomic E-state index is 5.98. The van der Waals surface area contributed by atoms with Crippen LogP contribution in [0.2, 0.25) is 0 Å². The molecule has 0 radical (unpaired) electrons. The molecule has 0 atom stereocenters. The Balaban J connectivity index is 2.60. The van der Waals surface area contributed by atoms with Gasteiger partial charge in [-0.3, -0.25) is 0 Å². The van der Waals surface area contributed by atoms with Gasteiger partial charge in [-0.15, -0.1) is 11.6 Å². The lowest BCUT2D eigenvalue weighted by molar-refractivity contribution is 0.404. The van der Waals surface area contributed by atoms with Gasteiger partial charge >= 0.3 is 0 Å². The Morgan fingerprint density at radius 3 is 2.39 bits per heavy atom. The number of alkyl halides is 1. The van der Waals surface area contributed by atoms with Crippen LogP contribution in [0.15, 0.2) is 42.5 Å². The van der Waals surface area contributed by atoms with Crippen LogP contribution in [-0.2, 0) is 5.88 Å². The molecular weight excluding hydrogens is 248 g/mol. The predicted molar refractivity (Wildman–Crippen MR) is 74.5 cm³/mol. The molecule has 0 saturated carbocycles. The van der Waals surface area contributed by atoms with Crippen molar-refractivity contribution in [2.45, 2.75) is 5.88 Å². The van der Waals surface area contributed by atoms with E-state index >= 15 is 0 Å². The largest absolute Gasteiger partial charge is 0.497 e. The SMILES string of the molecule is COc1ccc(OC)c(-c2ccccc2CCl)c1. The zero-order chi connectivity index (χ0) is 13.0. The van der Waals surface area contributed by atoms with E-state index in [0.717, 1.165) is 28.2 Å². The van der Waals surface area contributed by atoms with Crippen molar-refractivity contribution in [3.8, 4) is 22.6 Å². The summed E-state index contributed by atoms with van der Waals surface area (Å²) in [5, 5.41) is 0. The molecule has 0 bridgehead atoms. The lowest BCUT2D eigenvalue weighted by atomic mass is 9.99. The summed E-state index contributed by atoms with van der Waals surface area (Å²) in [4.78, 5) is 0. The molecule has 2 nitrogen and oxygen atoms in total. The molecule has 0 aromatic heterocycles. The minimum atomic E-state index is 0.469. The maximum atomic E-state index is 5.98. The van der Waals surface area contributed by atoms with Crippen molar-refractivity contribution < 1.29 is 9.47 Å². The highest BCUT2D eigenvalue weighted by atomic mass is 35.5. The molecule has 0 aliphatic heterocycles. The maximum Gasteiger partial charge on any atom is 0.126 e. The topological polar surface area (TPSA) is 18.5 Å². The Morgan fingerprint density at radius 2 is 1.72 bits per heavy atom. The summed E-state index contributed by atoms with van der Waals surface area (Å²) in [5.74, 6) is 2.08. The molecule has 0 amide bonds. The van der Waals surface area contributed by atoms with E-state index in [1.165, 1.54) is 0 Å². The van der Waals surface area contributed by atoms with Crippen LogP contribution in [0.1, 0.15) is 5.56 Å². The fourth-order valence-electron chi connectivity index (χ4n) is 1.92. The fourth-order valence-corrected chi connectivity index (χ4v) is 2.16. The molecule has 0 aliphatic rings. The van der Waals surface area contributed by atoms with E-state index < -0.39 is 0 Å². The number of hydrogen-bond donors (Lipinski definition) is 0. The van der Waals surface area contributed by atoms with Gasteiger partial charge in [-0.05, 0) is 29.3 Å². The molecule has 0 aliphatic carbocycles. The number of hydrogen-bond acceptors (Lipinski definition) is 2. The summed E-state index contributed by atoms with van der Waals surface area (Å²) >= 11 is 5.98. The lowest BCUT2D eigenvalue weighted by Gasteiger charge is -2.13. The number of ether oxygens (including phenoxy) is 2. The molecule has 0 spiro atoms. The first-order valence-corrected chi connectivity index (χ1v) is 6.20. The Bertz CT molecular complexity index is 538. The average molecular weight is 263 g/mol. The van der Waals surface area contributed by atoms with E-state index in [9.17, 15) is 0 Å². The minimum Gasteiger partial charge on any atom is -0.497 e. The molecule has 0 N–H and O–H groups in total. The van der Waals surface area contributed by atoms with Gasteiger partial charge in [0.2, 0.25) is 0 Å². The molecule has 0 unspecified atom stereocenters. The zero-order valence-corrected chi connectivity index (χ0v) is 11.2. The quantitative estimate of drug-likeness (QED) is 0.772. The summed E-state index contributed by atoms with van der Waals surface area (Å²) in [5.41, 5.74) is 3.14. The third kappa shape index (κ3) is 2.44. The fraction of sp³-hybridized carbons (Fsp3) is 0.200. The third-order valence-electron chi connectivity index (χ3n) is 2.86. The van der Waals surface area contributed by atoms with E-state index in [0.29, 0.717) is 5.88 Å². The van der Waals surface area contributed by atoms with Gasteiger partial charge in [0, 0.05) is 11.4 Å². The Morgan fingerprint density at radius 1 is 0.944 bits per heavy atom. The molecule has 0 heterocycles. The number of methoxy groups -OCH3 is 2.